The molecule has 1 aliphatic heterocycles. The number of thiocarbonyl (C=S) groups is 1. The van der Waals surface area contributed by atoms with Gasteiger partial charge in [-0.25, -0.2) is 0 Å². The Labute approximate surface area is 142 Å². The van der Waals surface area contributed by atoms with E-state index in [1.54, 1.807) is 24.4 Å². The van der Waals surface area contributed by atoms with Crippen LogP contribution in [0.4, 0.5) is 0 Å². The zero-order valence-corrected chi connectivity index (χ0v) is 13.7. The van der Waals surface area contributed by atoms with Crippen molar-refractivity contribution in [2.24, 2.45) is 7.05 Å². The molecule has 0 atom stereocenters. The van der Waals surface area contributed by atoms with Crippen molar-refractivity contribution in [3.8, 4) is 0 Å². The maximum Gasteiger partial charge on any atom is 0.285 e. The van der Waals surface area contributed by atoms with Crippen molar-refractivity contribution in [1.82, 2.24) is 20.0 Å². The highest BCUT2D eigenvalue weighted by Gasteiger charge is 2.33. The first-order chi connectivity index (χ1) is 11.1. The van der Waals surface area contributed by atoms with Crippen molar-refractivity contribution >= 4 is 46.2 Å². The Morgan fingerprint density at radius 3 is 2.87 bits per heavy atom. The molecule has 0 aliphatic carbocycles. The minimum atomic E-state index is -0.436. The smallest absolute Gasteiger partial charge is 0.285 e. The van der Waals surface area contributed by atoms with Crippen molar-refractivity contribution in [3.05, 3.63) is 59.0 Å². The molecule has 0 spiro atoms. The average molecular weight is 344 g/mol. The van der Waals surface area contributed by atoms with Crippen LogP contribution in [0.3, 0.4) is 0 Å². The maximum absolute atomic E-state index is 12.4. The predicted octanol–water partition coefficient (Wildman–Crippen LogP) is 1.97. The number of amides is 2. The van der Waals surface area contributed by atoms with Gasteiger partial charge < -0.3 is 4.57 Å². The van der Waals surface area contributed by atoms with E-state index < -0.39 is 5.91 Å². The lowest BCUT2D eigenvalue weighted by molar-refractivity contribution is -0.123. The van der Waals surface area contributed by atoms with E-state index in [-0.39, 0.29) is 10.2 Å². The summed E-state index contributed by atoms with van der Waals surface area (Å²) in [6.45, 7) is 0. The molecule has 0 unspecified atom stereocenters. The number of carbonyl (C=O) groups excluding carboxylic acids is 2. The number of aryl methyl sites for hydroxylation is 1. The normalized spacial score (nSPS) is 16.2. The quantitative estimate of drug-likeness (QED) is 0.681. The lowest BCUT2D eigenvalue weighted by Gasteiger charge is -2.15. The van der Waals surface area contributed by atoms with Crippen LogP contribution in [0, 0.1) is 0 Å². The Morgan fingerprint density at radius 2 is 2.22 bits per heavy atom. The monoisotopic (exact) mass is 344 g/mol. The van der Waals surface area contributed by atoms with E-state index in [0.717, 1.165) is 22.5 Å². The van der Waals surface area contributed by atoms with Crippen LogP contribution in [0.1, 0.15) is 16.1 Å². The van der Waals surface area contributed by atoms with Gasteiger partial charge in [0.05, 0.1) is 10.5 Å². The van der Waals surface area contributed by atoms with Crippen molar-refractivity contribution in [3.63, 3.8) is 0 Å². The van der Waals surface area contributed by atoms with E-state index in [0.29, 0.717) is 10.5 Å². The molecule has 2 aromatic rings. The number of aromatic nitrogens is 2. The molecule has 0 saturated carbocycles. The minimum Gasteiger partial charge on any atom is -0.351 e. The van der Waals surface area contributed by atoms with Crippen LogP contribution in [-0.4, -0.2) is 30.7 Å². The van der Waals surface area contributed by atoms with Gasteiger partial charge in [0.1, 0.15) is 0 Å². The van der Waals surface area contributed by atoms with Crippen LogP contribution in [-0.2, 0) is 11.8 Å². The molecule has 0 bridgehead atoms. The summed E-state index contributed by atoms with van der Waals surface area (Å²) in [6.07, 6.45) is 6.62. The number of nitrogens with zero attached hydrogens (tertiary/aromatic N) is 3. The second kappa shape index (κ2) is 6.35. The van der Waals surface area contributed by atoms with Crippen molar-refractivity contribution in [2.75, 3.05) is 0 Å². The van der Waals surface area contributed by atoms with Gasteiger partial charge in [0.25, 0.3) is 11.8 Å². The average Bonchev–Trinajstić information content (AvgIpc) is 3.07. The van der Waals surface area contributed by atoms with Gasteiger partial charge in [0.15, 0.2) is 4.32 Å². The number of pyridine rings is 1. The van der Waals surface area contributed by atoms with Crippen molar-refractivity contribution in [2.45, 2.75) is 0 Å². The highest BCUT2D eigenvalue weighted by atomic mass is 32.2. The highest BCUT2D eigenvalue weighted by Crippen LogP contribution is 2.31. The van der Waals surface area contributed by atoms with Gasteiger partial charge in [-0.2, -0.15) is 5.01 Å². The number of hydrogen-bond acceptors (Lipinski definition) is 5. The van der Waals surface area contributed by atoms with Crippen molar-refractivity contribution < 1.29 is 9.59 Å². The van der Waals surface area contributed by atoms with Gasteiger partial charge in [-0.15, -0.1) is 0 Å². The molecule has 1 N–H and O–H groups in total. The highest BCUT2D eigenvalue weighted by molar-refractivity contribution is 8.26. The molecule has 116 valence electrons. The third kappa shape index (κ3) is 3.17. The van der Waals surface area contributed by atoms with Gasteiger partial charge in [0, 0.05) is 31.3 Å². The Bertz CT molecular complexity index is 814. The Morgan fingerprint density at radius 1 is 1.39 bits per heavy atom. The Kier molecular flexibility index (Phi) is 4.26. The Balaban J connectivity index is 1.78. The van der Waals surface area contributed by atoms with E-state index >= 15 is 0 Å². The molecule has 3 rings (SSSR count). The predicted molar refractivity (Wildman–Crippen MR) is 92.1 cm³/mol. The maximum atomic E-state index is 12.4. The topological polar surface area (TPSA) is 67.2 Å². The molecular formula is C15H12N4O2S2. The molecule has 23 heavy (non-hydrogen) atoms. The number of thioether (sulfide) groups is 1. The molecule has 8 heteroatoms. The largest absolute Gasteiger partial charge is 0.351 e. The van der Waals surface area contributed by atoms with Gasteiger partial charge in [0.2, 0.25) is 0 Å². The first kappa shape index (κ1) is 15.4. The SMILES string of the molecule is Cn1cccc1C=C1SC(=S)N(NC(=O)c2cccnc2)C1=O. The van der Waals surface area contributed by atoms with Crippen LogP contribution in [0.5, 0.6) is 0 Å². The fourth-order valence-electron chi connectivity index (χ4n) is 1.99. The zero-order chi connectivity index (χ0) is 16.4. The van der Waals surface area contributed by atoms with Crippen LogP contribution in [0.25, 0.3) is 6.08 Å². The first-order valence-electron chi connectivity index (χ1n) is 6.66. The Hall–Kier alpha value is -2.45. The number of hydrogen-bond donors (Lipinski definition) is 1. The molecular weight excluding hydrogens is 332 g/mol. The van der Waals surface area contributed by atoms with Crippen LogP contribution < -0.4 is 5.43 Å². The molecule has 1 fully saturated rings. The summed E-state index contributed by atoms with van der Waals surface area (Å²) < 4.78 is 2.17. The molecule has 1 aliphatic rings. The molecule has 0 aromatic carbocycles. The summed E-state index contributed by atoms with van der Waals surface area (Å²) in [7, 11) is 1.89. The van der Waals surface area contributed by atoms with Gasteiger partial charge in [-0.3, -0.25) is 20.0 Å². The summed E-state index contributed by atoms with van der Waals surface area (Å²) in [4.78, 5) is 28.9. The third-order valence-corrected chi connectivity index (χ3v) is 4.50. The number of nitrogens with one attached hydrogen (secondary N) is 1. The molecule has 2 amide bonds. The van der Waals surface area contributed by atoms with E-state index in [2.05, 4.69) is 10.4 Å². The lowest BCUT2D eigenvalue weighted by Crippen LogP contribution is -2.44. The summed E-state index contributed by atoms with van der Waals surface area (Å²) in [5.74, 6) is -0.784. The van der Waals surface area contributed by atoms with Gasteiger partial charge >= 0.3 is 0 Å². The molecule has 2 aromatic heterocycles. The molecule has 1 saturated heterocycles. The van der Waals surface area contributed by atoms with Crippen LogP contribution >= 0.6 is 24.0 Å². The van der Waals surface area contributed by atoms with Crippen molar-refractivity contribution in [1.29, 1.82) is 0 Å². The van der Waals surface area contributed by atoms with E-state index in [9.17, 15) is 9.59 Å². The first-order valence-corrected chi connectivity index (χ1v) is 7.89. The second-order valence-electron chi connectivity index (χ2n) is 4.74. The number of hydrazine groups is 1. The molecule has 0 radical (unpaired) electrons. The fourth-order valence-corrected chi connectivity index (χ4v) is 3.15. The summed E-state index contributed by atoms with van der Waals surface area (Å²) in [5, 5.41) is 1.09. The second-order valence-corrected chi connectivity index (χ2v) is 6.42. The molecule has 3 heterocycles. The van der Waals surface area contributed by atoms with Gasteiger partial charge in [-0.1, -0.05) is 11.8 Å². The lowest BCUT2D eigenvalue weighted by atomic mass is 10.3. The standard InChI is InChI=1S/C15H12N4O2S2/c1-18-7-3-5-11(18)8-12-14(21)19(15(22)23-12)17-13(20)10-4-2-6-16-9-10/h2-9H,1H3,(H,17,20). The van der Waals surface area contributed by atoms with E-state index in [1.807, 2.05) is 29.9 Å². The fraction of sp³-hybridized carbons (Fsp3) is 0.0667. The minimum absolute atomic E-state index is 0.285. The summed E-state index contributed by atoms with van der Waals surface area (Å²) in [6, 6.07) is 7.03. The third-order valence-electron chi connectivity index (χ3n) is 3.19. The summed E-state index contributed by atoms with van der Waals surface area (Å²) >= 11 is 6.33. The number of rotatable bonds is 3. The van der Waals surface area contributed by atoms with Crippen LogP contribution in [0.15, 0.2) is 47.8 Å². The zero-order valence-electron chi connectivity index (χ0n) is 12.1. The van der Waals surface area contributed by atoms with Gasteiger partial charge in [-0.05, 0) is 42.6 Å². The number of carbonyl (C=O) groups is 2. The summed E-state index contributed by atoms with van der Waals surface area (Å²) in [5.41, 5.74) is 3.75. The van der Waals surface area contributed by atoms with Crippen LogP contribution in [0.2, 0.25) is 0 Å². The van der Waals surface area contributed by atoms with E-state index in [1.165, 1.54) is 6.20 Å². The van der Waals surface area contributed by atoms with E-state index in [4.69, 9.17) is 12.2 Å². The molecule has 6 nitrogen and oxygen atoms in total.